The van der Waals surface area contributed by atoms with Gasteiger partial charge in [-0.15, -0.1) is 0 Å². The third-order valence-electron chi connectivity index (χ3n) is 3.78. The van der Waals surface area contributed by atoms with E-state index in [1.54, 1.807) is 7.11 Å². The molecule has 0 heterocycles. The van der Waals surface area contributed by atoms with Gasteiger partial charge in [-0.25, -0.2) is 0 Å². The number of rotatable bonds is 6. The van der Waals surface area contributed by atoms with Crippen LogP contribution in [0.5, 0.6) is 0 Å². The molecule has 0 aromatic heterocycles. The minimum Gasteiger partial charge on any atom is -0.459 e. The fourth-order valence-corrected chi connectivity index (χ4v) is 2.61. The molecule has 0 amide bonds. The van der Waals surface area contributed by atoms with Crippen LogP contribution in [0.2, 0.25) is 0 Å². The normalized spacial score (nSPS) is 28.6. The average molecular weight is 241 g/mol. The van der Waals surface area contributed by atoms with Crippen LogP contribution in [0.25, 0.3) is 0 Å². The predicted octanol–water partition coefficient (Wildman–Crippen LogP) is 1.58. The van der Waals surface area contributed by atoms with Crippen LogP contribution in [-0.4, -0.2) is 49.3 Å². The molecule has 2 unspecified atom stereocenters. The Balaban J connectivity index is 1.75. The molecule has 4 heteroatoms. The predicted molar refractivity (Wildman–Crippen MR) is 64.8 cm³/mol. The van der Waals surface area contributed by atoms with E-state index in [9.17, 15) is 4.79 Å². The third kappa shape index (κ3) is 3.42. The Hall–Kier alpha value is -0.610. The summed E-state index contributed by atoms with van der Waals surface area (Å²) in [5.41, 5.74) is 0. The molecule has 2 aliphatic rings. The van der Waals surface area contributed by atoms with Crippen molar-refractivity contribution in [2.45, 2.75) is 57.3 Å². The second-order valence-corrected chi connectivity index (χ2v) is 5.03. The molecule has 2 aliphatic carbocycles. The maximum Gasteiger partial charge on any atom is 0.320 e. The SMILES string of the molecule is CCN(CC(=O)OC1CCCC1OC)C1CC1. The maximum absolute atomic E-state index is 11.8. The minimum atomic E-state index is -0.0901. The number of carbonyl (C=O) groups is 1. The number of ether oxygens (including phenoxy) is 2. The molecule has 0 N–H and O–H groups in total. The van der Waals surface area contributed by atoms with Gasteiger partial charge in [-0.05, 0) is 38.6 Å². The van der Waals surface area contributed by atoms with Gasteiger partial charge in [0.25, 0.3) is 0 Å². The van der Waals surface area contributed by atoms with E-state index in [0.717, 1.165) is 25.8 Å². The fraction of sp³-hybridized carbons (Fsp3) is 0.923. The number of likely N-dealkylation sites (N-methyl/N-ethyl adjacent to an activating group) is 1. The number of esters is 1. The molecule has 98 valence electrons. The van der Waals surface area contributed by atoms with Gasteiger partial charge in [0.2, 0.25) is 0 Å². The Bertz CT molecular complexity index is 265. The highest BCUT2D eigenvalue weighted by Gasteiger charge is 2.33. The summed E-state index contributed by atoms with van der Waals surface area (Å²) in [5, 5.41) is 0. The van der Waals surface area contributed by atoms with Gasteiger partial charge in [0.05, 0.1) is 12.6 Å². The first-order valence-electron chi connectivity index (χ1n) is 6.71. The Labute approximate surface area is 103 Å². The topological polar surface area (TPSA) is 38.8 Å². The van der Waals surface area contributed by atoms with E-state index < -0.39 is 0 Å². The lowest BCUT2D eigenvalue weighted by Crippen LogP contribution is -2.36. The van der Waals surface area contributed by atoms with Crippen molar-refractivity contribution in [2.75, 3.05) is 20.2 Å². The van der Waals surface area contributed by atoms with Gasteiger partial charge >= 0.3 is 5.97 Å². The number of carbonyl (C=O) groups excluding carboxylic acids is 1. The van der Waals surface area contributed by atoms with Crippen LogP contribution in [0.3, 0.4) is 0 Å². The Morgan fingerprint density at radius 1 is 1.24 bits per heavy atom. The molecule has 0 aromatic carbocycles. The summed E-state index contributed by atoms with van der Waals surface area (Å²) in [6.07, 6.45) is 5.59. The smallest absolute Gasteiger partial charge is 0.320 e. The van der Waals surface area contributed by atoms with Crippen LogP contribution < -0.4 is 0 Å². The molecule has 2 rings (SSSR count). The molecule has 2 fully saturated rings. The van der Waals surface area contributed by atoms with Crippen LogP contribution in [0.1, 0.15) is 39.0 Å². The standard InChI is InChI=1S/C13H23NO3/c1-3-14(10-7-8-10)9-13(15)17-12-6-4-5-11(12)16-2/h10-12H,3-9H2,1-2H3. The summed E-state index contributed by atoms with van der Waals surface area (Å²) in [5.74, 6) is -0.0901. The second-order valence-electron chi connectivity index (χ2n) is 5.03. The lowest BCUT2D eigenvalue weighted by molar-refractivity contribution is -0.155. The molecule has 0 spiro atoms. The van der Waals surface area contributed by atoms with Gasteiger partial charge in [-0.2, -0.15) is 0 Å². The molecule has 17 heavy (non-hydrogen) atoms. The highest BCUT2D eigenvalue weighted by molar-refractivity contribution is 5.72. The van der Waals surface area contributed by atoms with E-state index in [1.807, 2.05) is 0 Å². The van der Waals surface area contributed by atoms with Crippen molar-refractivity contribution in [1.29, 1.82) is 0 Å². The molecule has 2 saturated carbocycles. The van der Waals surface area contributed by atoms with Gasteiger partial charge in [0.1, 0.15) is 6.10 Å². The van der Waals surface area contributed by atoms with E-state index in [4.69, 9.17) is 9.47 Å². The molecule has 0 bridgehead atoms. The van der Waals surface area contributed by atoms with Crippen molar-refractivity contribution in [2.24, 2.45) is 0 Å². The summed E-state index contributed by atoms with van der Waals surface area (Å²) in [4.78, 5) is 14.1. The molecule has 2 atom stereocenters. The summed E-state index contributed by atoms with van der Waals surface area (Å²) in [6, 6.07) is 0.620. The number of hydrogen-bond donors (Lipinski definition) is 0. The van der Waals surface area contributed by atoms with Crippen LogP contribution in [-0.2, 0) is 14.3 Å². The van der Waals surface area contributed by atoms with E-state index >= 15 is 0 Å². The lowest BCUT2D eigenvalue weighted by Gasteiger charge is -2.22. The largest absolute Gasteiger partial charge is 0.459 e. The van der Waals surface area contributed by atoms with Gasteiger partial charge in [0, 0.05) is 13.2 Å². The first kappa shape index (κ1) is 12.8. The molecular weight excluding hydrogens is 218 g/mol. The van der Waals surface area contributed by atoms with Crippen molar-refractivity contribution in [3.8, 4) is 0 Å². The first-order valence-corrected chi connectivity index (χ1v) is 6.71. The molecule has 0 radical (unpaired) electrons. The van der Waals surface area contributed by atoms with E-state index in [-0.39, 0.29) is 18.2 Å². The van der Waals surface area contributed by atoms with Gasteiger partial charge in [-0.3, -0.25) is 9.69 Å². The average Bonchev–Trinajstić information content (AvgIpc) is 3.07. The Kier molecular flexibility index (Phi) is 4.40. The fourth-order valence-electron chi connectivity index (χ4n) is 2.61. The summed E-state index contributed by atoms with van der Waals surface area (Å²) in [7, 11) is 1.69. The summed E-state index contributed by atoms with van der Waals surface area (Å²) < 4.78 is 10.8. The van der Waals surface area contributed by atoms with Crippen molar-refractivity contribution in [3.05, 3.63) is 0 Å². The van der Waals surface area contributed by atoms with Crippen LogP contribution >= 0.6 is 0 Å². The van der Waals surface area contributed by atoms with Crippen LogP contribution in [0, 0.1) is 0 Å². The lowest BCUT2D eigenvalue weighted by atomic mass is 10.2. The highest BCUT2D eigenvalue weighted by Crippen LogP contribution is 2.27. The molecule has 0 aliphatic heterocycles. The Morgan fingerprint density at radius 2 is 1.94 bits per heavy atom. The third-order valence-corrected chi connectivity index (χ3v) is 3.78. The molecular formula is C13H23NO3. The van der Waals surface area contributed by atoms with E-state index in [0.29, 0.717) is 12.6 Å². The van der Waals surface area contributed by atoms with Gasteiger partial charge in [-0.1, -0.05) is 6.92 Å². The number of methoxy groups -OCH3 is 1. The van der Waals surface area contributed by atoms with Crippen molar-refractivity contribution in [3.63, 3.8) is 0 Å². The summed E-state index contributed by atoms with van der Waals surface area (Å²) >= 11 is 0. The monoisotopic (exact) mass is 241 g/mol. The Morgan fingerprint density at radius 3 is 2.53 bits per heavy atom. The first-order chi connectivity index (χ1) is 8.24. The van der Waals surface area contributed by atoms with E-state index in [2.05, 4.69) is 11.8 Å². The minimum absolute atomic E-state index is 0.0228. The number of nitrogens with zero attached hydrogens (tertiary/aromatic N) is 1. The maximum atomic E-state index is 11.8. The highest BCUT2D eigenvalue weighted by atomic mass is 16.6. The summed E-state index contributed by atoms with van der Waals surface area (Å²) in [6.45, 7) is 3.46. The molecule has 4 nitrogen and oxygen atoms in total. The quantitative estimate of drug-likeness (QED) is 0.662. The zero-order chi connectivity index (χ0) is 12.3. The number of hydrogen-bond acceptors (Lipinski definition) is 4. The second kappa shape index (κ2) is 5.83. The zero-order valence-electron chi connectivity index (χ0n) is 10.9. The van der Waals surface area contributed by atoms with E-state index in [1.165, 1.54) is 12.8 Å². The zero-order valence-corrected chi connectivity index (χ0v) is 10.9. The molecule has 0 aromatic rings. The van der Waals surface area contributed by atoms with Crippen molar-refractivity contribution >= 4 is 5.97 Å². The van der Waals surface area contributed by atoms with Gasteiger partial charge in [0.15, 0.2) is 0 Å². The van der Waals surface area contributed by atoms with Crippen LogP contribution in [0.15, 0.2) is 0 Å². The van der Waals surface area contributed by atoms with Crippen LogP contribution in [0.4, 0.5) is 0 Å². The van der Waals surface area contributed by atoms with Crippen molar-refractivity contribution < 1.29 is 14.3 Å². The van der Waals surface area contributed by atoms with Crippen molar-refractivity contribution in [1.82, 2.24) is 4.90 Å². The molecule has 0 saturated heterocycles. The van der Waals surface area contributed by atoms with Gasteiger partial charge < -0.3 is 9.47 Å².